The van der Waals surface area contributed by atoms with Gasteiger partial charge in [-0.1, -0.05) is 30.7 Å². The Kier molecular flexibility index (Phi) is 4.33. The van der Waals surface area contributed by atoms with Crippen LogP contribution in [-0.2, 0) is 6.42 Å². The van der Waals surface area contributed by atoms with Crippen molar-refractivity contribution in [1.82, 2.24) is 10.3 Å². The first-order valence-electron chi connectivity index (χ1n) is 6.84. The summed E-state index contributed by atoms with van der Waals surface area (Å²) in [5.74, 6) is 0. The van der Waals surface area contributed by atoms with Crippen LogP contribution in [0.25, 0.3) is 0 Å². The Bertz CT molecular complexity index is 561. The summed E-state index contributed by atoms with van der Waals surface area (Å²) in [7, 11) is 2.02. The molecule has 100 valence electrons. The number of benzene rings is 1. The molecule has 2 heteroatoms. The number of pyridine rings is 1. The molecule has 0 amide bonds. The molecular weight excluding hydrogens is 232 g/mol. The van der Waals surface area contributed by atoms with E-state index in [2.05, 4.69) is 55.3 Å². The lowest BCUT2D eigenvalue weighted by molar-refractivity contribution is 0.678. The maximum atomic E-state index is 4.24. The number of aromatic nitrogens is 1. The van der Waals surface area contributed by atoms with Gasteiger partial charge in [0, 0.05) is 12.4 Å². The van der Waals surface area contributed by atoms with Crippen molar-refractivity contribution in [1.29, 1.82) is 0 Å². The molecule has 0 spiro atoms. The third-order valence-corrected chi connectivity index (χ3v) is 3.66. The van der Waals surface area contributed by atoms with E-state index in [1.165, 1.54) is 27.8 Å². The minimum atomic E-state index is 0.235. The van der Waals surface area contributed by atoms with Crippen molar-refractivity contribution in [2.45, 2.75) is 33.2 Å². The number of rotatable bonds is 4. The van der Waals surface area contributed by atoms with Gasteiger partial charge in [-0.2, -0.15) is 0 Å². The van der Waals surface area contributed by atoms with Crippen molar-refractivity contribution in [3.63, 3.8) is 0 Å². The molecule has 19 heavy (non-hydrogen) atoms. The van der Waals surface area contributed by atoms with E-state index in [1.54, 1.807) is 0 Å². The lowest BCUT2D eigenvalue weighted by Gasteiger charge is -2.22. The van der Waals surface area contributed by atoms with E-state index in [4.69, 9.17) is 0 Å². The highest BCUT2D eigenvalue weighted by molar-refractivity contribution is 5.41. The summed E-state index contributed by atoms with van der Waals surface area (Å²) < 4.78 is 0. The van der Waals surface area contributed by atoms with Crippen LogP contribution in [-0.4, -0.2) is 12.0 Å². The minimum Gasteiger partial charge on any atom is -0.309 e. The first-order chi connectivity index (χ1) is 9.17. The lowest BCUT2D eigenvalue weighted by Crippen LogP contribution is -2.20. The fourth-order valence-electron chi connectivity index (χ4n) is 2.64. The predicted octanol–water partition coefficient (Wildman–Crippen LogP) is 3.57. The van der Waals surface area contributed by atoms with E-state index in [9.17, 15) is 0 Å². The molecule has 0 radical (unpaired) electrons. The summed E-state index contributed by atoms with van der Waals surface area (Å²) >= 11 is 0. The molecule has 1 unspecified atom stereocenters. The van der Waals surface area contributed by atoms with Crippen molar-refractivity contribution in [3.05, 3.63) is 64.5 Å². The predicted molar refractivity (Wildman–Crippen MR) is 80.4 cm³/mol. The molecule has 2 rings (SSSR count). The Hall–Kier alpha value is -1.67. The minimum absolute atomic E-state index is 0.235. The summed E-state index contributed by atoms with van der Waals surface area (Å²) in [4.78, 5) is 4.24. The first-order valence-corrected chi connectivity index (χ1v) is 6.84. The van der Waals surface area contributed by atoms with Gasteiger partial charge in [0.25, 0.3) is 0 Å². The normalized spacial score (nSPS) is 12.4. The number of nitrogens with one attached hydrogen (secondary N) is 1. The van der Waals surface area contributed by atoms with Gasteiger partial charge in [0.1, 0.15) is 0 Å². The standard InChI is InChI=1S/C17H22N2/c1-5-14-11-19-9-8-16(14)17(18-4)15-7-6-12(2)10-13(15)3/h6-11,17-18H,5H2,1-4H3. The van der Waals surface area contributed by atoms with Crippen LogP contribution in [0, 0.1) is 13.8 Å². The van der Waals surface area contributed by atoms with Crippen LogP contribution in [0.3, 0.4) is 0 Å². The summed E-state index contributed by atoms with van der Waals surface area (Å²) in [5, 5.41) is 3.44. The number of hydrogen-bond donors (Lipinski definition) is 1. The highest BCUT2D eigenvalue weighted by atomic mass is 14.9. The molecule has 1 heterocycles. The van der Waals surface area contributed by atoms with Gasteiger partial charge in [-0.05, 0) is 55.6 Å². The molecular formula is C17H22N2. The molecule has 2 nitrogen and oxygen atoms in total. The van der Waals surface area contributed by atoms with Crippen LogP contribution in [0.4, 0.5) is 0 Å². The van der Waals surface area contributed by atoms with E-state index in [1.807, 2.05) is 19.4 Å². The van der Waals surface area contributed by atoms with E-state index >= 15 is 0 Å². The largest absolute Gasteiger partial charge is 0.309 e. The summed E-state index contributed by atoms with van der Waals surface area (Å²) in [6.07, 6.45) is 4.86. The van der Waals surface area contributed by atoms with E-state index in [0.717, 1.165) is 6.42 Å². The molecule has 0 saturated carbocycles. The molecule has 1 N–H and O–H groups in total. The molecule has 0 aliphatic heterocycles. The second-order valence-electron chi connectivity index (χ2n) is 5.01. The van der Waals surface area contributed by atoms with Gasteiger partial charge in [-0.15, -0.1) is 0 Å². The number of aryl methyl sites for hydroxylation is 3. The monoisotopic (exact) mass is 254 g/mol. The molecule has 2 aromatic rings. The lowest BCUT2D eigenvalue weighted by atomic mass is 9.91. The number of hydrogen-bond acceptors (Lipinski definition) is 2. The summed E-state index contributed by atoms with van der Waals surface area (Å²) in [6, 6.07) is 9.01. The van der Waals surface area contributed by atoms with Gasteiger partial charge in [0.2, 0.25) is 0 Å². The molecule has 0 aliphatic rings. The van der Waals surface area contributed by atoms with Crippen LogP contribution >= 0.6 is 0 Å². The maximum Gasteiger partial charge on any atom is 0.0580 e. The molecule has 0 saturated heterocycles. The molecule has 1 aromatic heterocycles. The zero-order chi connectivity index (χ0) is 13.8. The van der Waals surface area contributed by atoms with Gasteiger partial charge in [0.05, 0.1) is 6.04 Å². The zero-order valence-corrected chi connectivity index (χ0v) is 12.2. The van der Waals surface area contributed by atoms with Gasteiger partial charge in [-0.3, -0.25) is 4.98 Å². The molecule has 0 fully saturated rings. The topological polar surface area (TPSA) is 24.9 Å². The molecule has 0 bridgehead atoms. The van der Waals surface area contributed by atoms with Gasteiger partial charge in [-0.25, -0.2) is 0 Å². The fraction of sp³-hybridized carbons (Fsp3) is 0.353. The highest BCUT2D eigenvalue weighted by Gasteiger charge is 2.16. The smallest absolute Gasteiger partial charge is 0.0580 e. The third-order valence-electron chi connectivity index (χ3n) is 3.66. The fourth-order valence-corrected chi connectivity index (χ4v) is 2.64. The van der Waals surface area contributed by atoms with Crippen molar-refractivity contribution >= 4 is 0 Å². The van der Waals surface area contributed by atoms with Crippen molar-refractivity contribution in [2.24, 2.45) is 0 Å². The second-order valence-corrected chi connectivity index (χ2v) is 5.01. The van der Waals surface area contributed by atoms with E-state index in [0.29, 0.717) is 0 Å². The van der Waals surface area contributed by atoms with Crippen molar-refractivity contribution < 1.29 is 0 Å². The Morgan fingerprint density at radius 1 is 1.16 bits per heavy atom. The van der Waals surface area contributed by atoms with Gasteiger partial charge >= 0.3 is 0 Å². The average Bonchev–Trinajstić information content (AvgIpc) is 2.42. The Labute approximate surface area is 115 Å². The molecule has 1 atom stereocenters. The Morgan fingerprint density at radius 3 is 2.58 bits per heavy atom. The SMILES string of the molecule is CCc1cnccc1C(NC)c1ccc(C)cc1C. The van der Waals surface area contributed by atoms with Crippen LogP contribution in [0.1, 0.15) is 40.8 Å². The third kappa shape index (κ3) is 2.85. The van der Waals surface area contributed by atoms with Crippen LogP contribution in [0.2, 0.25) is 0 Å². The first kappa shape index (κ1) is 13.8. The molecule has 1 aromatic carbocycles. The zero-order valence-electron chi connectivity index (χ0n) is 12.2. The summed E-state index contributed by atoms with van der Waals surface area (Å²) in [5.41, 5.74) is 6.61. The van der Waals surface area contributed by atoms with Crippen molar-refractivity contribution in [3.8, 4) is 0 Å². The van der Waals surface area contributed by atoms with Crippen LogP contribution in [0.5, 0.6) is 0 Å². The van der Waals surface area contributed by atoms with Crippen molar-refractivity contribution in [2.75, 3.05) is 7.05 Å². The Balaban J connectivity index is 2.50. The quantitative estimate of drug-likeness (QED) is 0.902. The Morgan fingerprint density at radius 2 is 1.95 bits per heavy atom. The molecule has 0 aliphatic carbocycles. The van der Waals surface area contributed by atoms with Gasteiger partial charge in [0.15, 0.2) is 0 Å². The number of nitrogens with zero attached hydrogens (tertiary/aromatic N) is 1. The summed E-state index contributed by atoms with van der Waals surface area (Å²) in [6.45, 7) is 6.49. The van der Waals surface area contributed by atoms with E-state index < -0.39 is 0 Å². The average molecular weight is 254 g/mol. The van der Waals surface area contributed by atoms with Crippen LogP contribution in [0.15, 0.2) is 36.7 Å². The highest BCUT2D eigenvalue weighted by Crippen LogP contribution is 2.27. The van der Waals surface area contributed by atoms with E-state index in [-0.39, 0.29) is 6.04 Å². The second kappa shape index (κ2) is 5.98. The van der Waals surface area contributed by atoms with Gasteiger partial charge < -0.3 is 5.32 Å². The maximum absolute atomic E-state index is 4.24. The van der Waals surface area contributed by atoms with Crippen LogP contribution < -0.4 is 5.32 Å².